The number of benzene rings is 1. The van der Waals surface area contributed by atoms with Gasteiger partial charge >= 0.3 is 13.8 Å². The molecule has 1 amide bonds. The second-order valence-corrected chi connectivity index (χ2v) is 3.49. The molecule has 1 aliphatic rings. The first-order chi connectivity index (χ1) is 9.21. The van der Waals surface area contributed by atoms with E-state index in [-0.39, 0.29) is 13.8 Å². The summed E-state index contributed by atoms with van der Waals surface area (Å²) in [6.45, 7) is 0.799. The molecule has 1 aromatic rings. The first kappa shape index (κ1) is 15.1. The van der Waals surface area contributed by atoms with Crippen LogP contribution in [0.15, 0.2) is 24.3 Å². The van der Waals surface area contributed by atoms with Crippen LogP contribution in [0, 0.1) is 0 Å². The smallest absolute Gasteiger partial charge is 0.482 e. The summed E-state index contributed by atoms with van der Waals surface area (Å²) in [4.78, 5) is 10.8. The first-order valence-corrected chi connectivity index (χ1v) is 5.51. The Hall–Kier alpha value is -1.93. The Morgan fingerprint density at radius 3 is 2.58 bits per heavy atom. The van der Waals surface area contributed by atoms with Gasteiger partial charge in [0.25, 0.3) is 0 Å². The number of rotatable bonds is 4. The molecule has 19 heavy (non-hydrogen) atoms. The Bertz CT molecular complexity index is 403. The Labute approximate surface area is 111 Å². The lowest BCUT2D eigenvalue weighted by Gasteiger charge is -2.12. The maximum atomic E-state index is 10.8. The molecule has 0 aliphatic carbocycles. The lowest BCUT2D eigenvalue weighted by atomic mass is 10.3. The number of hydrogen-bond acceptors (Lipinski definition) is 6. The van der Waals surface area contributed by atoms with Gasteiger partial charge < -0.3 is 29.6 Å². The van der Waals surface area contributed by atoms with Crippen LogP contribution < -0.4 is 14.8 Å². The van der Waals surface area contributed by atoms with E-state index >= 15 is 0 Å². The predicted molar refractivity (Wildman–Crippen MR) is 67.0 cm³/mol. The largest absolute Gasteiger partial charge is 0.493 e. The van der Waals surface area contributed by atoms with Gasteiger partial charge in [0.1, 0.15) is 6.61 Å². The van der Waals surface area contributed by atoms with Crippen molar-refractivity contribution in [1.82, 2.24) is 5.32 Å². The molecule has 0 aromatic heterocycles. The van der Waals surface area contributed by atoms with Crippen LogP contribution in [0.5, 0.6) is 11.5 Å². The van der Waals surface area contributed by atoms with Gasteiger partial charge in [-0.25, -0.2) is 4.79 Å². The van der Waals surface area contributed by atoms with Gasteiger partial charge in [0.2, 0.25) is 0 Å². The number of amides is 1. The number of ether oxygens (including phenoxy) is 3. The average molecular weight is 268 g/mol. The lowest BCUT2D eigenvalue weighted by Crippen LogP contribution is -2.22. The molecule has 8 heteroatoms. The van der Waals surface area contributed by atoms with Crippen molar-refractivity contribution < 1.29 is 29.1 Å². The molecule has 3 N–H and O–H groups in total. The third-order valence-corrected chi connectivity index (χ3v) is 2.24. The Morgan fingerprint density at radius 2 is 2.05 bits per heavy atom. The highest BCUT2D eigenvalue weighted by molar-refractivity contribution is 6.13. The summed E-state index contributed by atoms with van der Waals surface area (Å²) in [5, 5.41) is 16.6. The normalized spacial score (nSPS) is 16.6. The molecule has 1 saturated heterocycles. The lowest BCUT2D eigenvalue weighted by molar-refractivity contribution is 0.103. The molecule has 103 valence electrons. The number of nitrogens with one attached hydrogen (secondary N) is 1. The van der Waals surface area contributed by atoms with Crippen molar-refractivity contribution in [3.8, 4) is 11.5 Å². The van der Waals surface area contributed by atoms with E-state index in [2.05, 4.69) is 5.32 Å². The van der Waals surface area contributed by atoms with E-state index in [0.29, 0.717) is 24.7 Å². The van der Waals surface area contributed by atoms with Crippen molar-refractivity contribution in [3.63, 3.8) is 0 Å². The highest BCUT2D eigenvalue weighted by atomic mass is 16.6. The minimum atomic E-state index is -0.395. The minimum absolute atomic E-state index is 0. The SMILES string of the molecule is COc1ccccc1OCC1CNC(=O)O1.O[B]O. The van der Waals surface area contributed by atoms with Crippen LogP contribution in [-0.2, 0) is 4.74 Å². The molecule has 1 aliphatic heterocycles. The Kier molecular flexibility index (Phi) is 6.55. The second kappa shape index (κ2) is 8.22. The molecule has 1 radical (unpaired) electrons. The van der Waals surface area contributed by atoms with Crippen LogP contribution in [0.1, 0.15) is 0 Å². The second-order valence-electron chi connectivity index (χ2n) is 3.49. The van der Waals surface area contributed by atoms with E-state index in [9.17, 15) is 4.79 Å². The van der Waals surface area contributed by atoms with Crippen molar-refractivity contribution in [2.45, 2.75) is 6.10 Å². The maximum Gasteiger partial charge on any atom is 0.482 e. The van der Waals surface area contributed by atoms with Crippen molar-refractivity contribution in [3.05, 3.63) is 24.3 Å². The molecule has 2 rings (SSSR count). The van der Waals surface area contributed by atoms with Crippen LogP contribution >= 0.6 is 0 Å². The van der Waals surface area contributed by atoms with E-state index in [1.54, 1.807) is 7.11 Å². The van der Waals surface area contributed by atoms with Crippen LogP contribution in [0.2, 0.25) is 0 Å². The van der Waals surface area contributed by atoms with E-state index in [4.69, 9.17) is 24.3 Å². The first-order valence-electron chi connectivity index (χ1n) is 5.51. The highest BCUT2D eigenvalue weighted by Crippen LogP contribution is 2.26. The van der Waals surface area contributed by atoms with Crippen LogP contribution in [0.4, 0.5) is 4.79 Å². The van der Waals surface area contributed by atoms with Crippen molar-refractivity contribution in [1.29, 1.82) is 0 Å². The van der Waals surface area contributed by atoms with Crippen molar-refractivity contribution in [2.24, 2.45) is 0 Å². The van der Waals surface area contributed by atoms with Gasteiger partial charge in [-0.2, -0.15) is 0 Å². The molecule has 0 saturated carbocycles. The molecule has 1 fully saturated rings. The summed E-state index contributed by atoms with van der Waals surface area (Å²) in [6, 6.07) is 7.34. The molecule has 0 bridgehead atoms. The van der Waals surface area contributed by atoms with E-state index in [1.807, 2.05) is 24.3 Å². The molecule has 1 atom stereocenters. The van der Waals surface area contributed by atoms with Gasteiger partial charge in [-0.15, -0.1) is 0 Å². The zero-order valence-corrected chi connectivity index (χ0v) is 10.4. The van der Waals surface area contributed by atoms with Gasteiger partial charge in [0, 0.05) is 0 Å². The number of carbonyl (C=O) groups excluding carboxylic acids is 1. The maximum absolute atomic E-state index is 10.8. The topological polar surface area (TPSA) is 97.3 Å². The number of cyclic esters (lactones) is 1. The van der Waals surface area contributed by atoms with Crippen LogP contribution in [0.3, 0.4) is 0 Å². The van der Waals surface area contributed by atoms with Gasteiger partial charge in [-0.05, 0) is 12.1 Å². The van der Waals surface area contributed by atoms with E-state index < -0.39 is 6.09 Å². The fourth-order valence-corrected chi connectivity index (χ4v) is 1.45. The summed E-state index contributed by atoms with van der Waals surface area (Å²) in [6.07, 6.45) is -0.633. The van der Waals surface area contributed by atoms with E-state index in [1.165, 1.54) is 0 Å². The summed E-state index contributed by atoms with van der Waals surface area (Å²) in [5.41, 5.74) is 0. The number of para-hydroxylation sites is 2. The molecule has 1 heterocycles. The van der Waals surface area contributed by atoms with Gasteiger partial charge in [-0.1, -0.05) is 12.1 Å². The molecular formula is C11H15BNO6. The number of hydrogen-bond donors (Lipinski definition) is 3. The quantitative estimate of drug-likeness (QED) is 0.648. The molecular weight excluding hydrogens is 253 g/mol. The summed E-state index contributed by atoms with van der Waals surface area (Å²) >= 11 is 0. The number of methoxy groups -OCH3 is 1. The number of carbonyl (C=O) groups is 1. The van der Waals surface area contributed by atoms with Gasteiger partial charge in [0.15, 0.2) is 17.6 Å². The summed E-state index contributed by atoms with van der Waals surface area (Å²) in [5.74, 6) is 1.31. The zero-order chi connectivity index (χ0) is 14.1. The monoisotopic (exact) mass is 268 g/mol. The van der Waals surface area contributed by atoms with Crippen molar-refractivity contribution in [2.75, 3.05) is 20.3 Å². The highest BCUT2D eigenvalue weighted by Gasteiger charge is 2.23. The van der Waals surface area contributed by atoms with E-state index in [0.717, 1.165) is 0 Å². The minimum Gasteiger partial charge on any atom is -0.493 e. The molecule has 0 spiro atoms. The number of alkyl carbamates (subject to hydrolysis) is 1. The summed E-state index contributed by atoms with van der Waals surface area (Å²) in [7, 11) is 1.58. The van der Waals surface area contributed by atoms with Crippen molar-refractivity contribution >= 4 is 13.8 Å². The third-order valence-electron chi connectivity index (χ3n) is 2.24. The molecule has 1 unspecified atom stereocenters. The molecule has 1 aromatic carbocycles. The fraction of sp³-hybridized carbons (Fsp3) is 0.364. The van der Waals surface area contributed by atoms with Gasteiger partial charge in [-0.3, -0.25) is 0 Å². The zero-order valence-electron chi connectivity index (χ0n) is 10.4. The van der Waals surface area contributed by atoms with Gasteiger partial charge in [0.05, 0.1) is 13.7 Å². The fourth-order valence-electron chi connectivity index (χ4n) is 1.45. The predicted octanol–water partition coefficient (Wildman–Crippen LogP) is -0.312. The third kappa shape index (κ3) is 5.06. The summed E-state index contributed by atoms with van der Waals surface area (Å²) < 4.78 is 15.6. The van der Waals surface area contributed by atoms with Crippen LogP contribution in [0.25, 0.3) is 0 Å². The molecule has 7 nitrogen and oxygen atoms in total. The Balaban J connectivity index is 0.000000550. The standard InChI is InChI=1S/C11H13NO4.BH2O2/c1-14-9-4-2-3-5-10(9)15-7-8-6-12-11(13)16-8;2-1-3/h2-5,8H,6-7H2,1H3,(H,12,13);2-3H. The average Bonchev–Trinajstić information content (AvgIpc) is 2.83. The van der Waals surface area contributed by atoms with Crippen LogP contribution in [-0.4, -0.2) is 50.2 Å². The Morgan fingerprint density at radius 1 is 1.42 bits per heavy atom.